The average Bonchev–Trinajstić information content (AvgIpc) is 3.20. The second-order valence-electron chi connectivity index (χ2n) is 5.86. The highest BCUT2D eigenvalue weighted by Crippen LogP contribution is 2.29. The van der Waals surface area contributed by atoms with E-state index in [2.05, 4.69) is 15.5 Å². The lowest BCUT2D eigenvalue weighted by Gasteiger charge is -2.10. The molecule has 144 valence electrons. The maximum Gasteiger partial charge on any atom is 0.250 e. The van der Waals surface area contributed by atoms with Crippen LogP contribution in [-0.4, -0.2) is 29.8 Å². The quantitative estimate of drug-likeness (QED) is 0.562. The number of methoxy groups -OCH3 is 1. The van der Waals surface area contributed by atoms with Gasteiger partial charge in [-0.3, -0.25) is 10.1 Å². The lowest BCUT2D eigenvalue weighted by molar-refractivity contribution is -0.111. The minimum absolute atomic E-state index is 0.277. The summed E-state index contributed by atoms with van der Waals surface area (Å²) in [7, 11) is 1.59. The Hall–Kier alpha value is -3.19. The van der Waals surface area contributed by atoms with Gasteiger partial charge >= 0.3 is 0 Å². The number of aromatic nitrogens is 2. The number of hydrogen-bond acceptors (Lipinski definition) is 6. The van der Waals surface area contributed by atoms with Gasteiger partial charge in [0.25, 0.3) is 0 Å². The summed E-state index contributed by atoms with van der Waals surface area (Å²) in [6.45, 7) is 2.67. The van der Waals surface area contributed by atoms with Crippen LogP contribution < -0.4 is 14.8 Å². The predicted octanol–water partition coefficient (Wildman–Crippen LogP) is 4.65. The fourth-order valence-corrected chi connectivity index (χ4v) is 3.16. The number of hydrogen-bond donors (Lipinski definition) is 1. The molecule has 1 aromatic heterocycles. The zero-order valence-corrected chi connectivity index (χ0v) is 16.5. The molecule has 0 unspecified atom stereocenters. The number of nitrogens with one attached hydrogen (secondary N) is 1. The third-order valence-electron chi connectivity index (χ3n) is 3.75. The van der Waals surface area contributed by atoms with Gasteiger partial charge in [-0.2, -0.15) is 0 Å². The van der Waals surface area contributed by atoms with Crippen LogP contribution in [0.3, 0.4) is 0 Å². The van der Waals surface area contributed by atoms with Crippen molar-refractivity contribution in [1.29, 1.82) is 0 Å². The molecule has 1 N–H and O–H groups in total. The second kappa shape index (κ2) is 9.66. The topological polar surface area (TPSA) is 73.3 Å². The van der Waals surface area contributed by atoms with Crippen molar-refractivity contribution in [3.05, 3.63) is 60.2 Å². The number of carbonyl (C=O) groups excluding carboxylic acids is 1. The number of amides is 1. The van der Waals surface area contributed by atoms with Crippen molar-refractivity contribution in [1.82, 2.24) is 10.2 Å². The molecule has 0 fully saturated rings. The molecule has 7 heteroatoms. The third kappa shape index (κ3) is 5.17. The van der Waals surface area contributed by atoms with Gasteiger partial charge in [0.1, 0.15) is 5.01 Å². The van der Waals surface area contributed by atoms with Gasteiger partial charge in [-0.05, 0) is 30.2 Å². The van der Waals surface area contributed by atoms with E-state index in [4.69, 9.17) is 9.47 Å². The minimum atomic E-state index is -0.277. The summed E-state index contributed by atoms with van der Waals surface area (Å²) >= 11 is 1.33. The molecule has 0 radical (unpaired) electrons. The molecule has 3 aromatic rings. The summed E-state index contributed by atoms with van der Waals surface area (Å²) < 4.78 is 11.0. The van der Waals surface area contributed by atoms with Crippen molar-refractivity contribution in [2.75, 3.05) is 19.0 Å². The van der Waals surface area contributed by atoms with Crippen LogP contribution in [-0.2, 0) is 4.79 Å². The highest BCUT2D eigenvalue weighted by molar-refractivity contribution is 7.18. The molecule has 0 aliphatic carbocycles. The molecule has 28 heavy (non-hydrogen) atoms. The molecular formula is C21H21N3O3S. The van der Waals surface area contributed by atoms with Gasteiger partial charge in [-0.25, -0.2) is 0 Å². The SMILES string of the molecule is CCCOc1ccc(/C=C/C(=O)Nc2nnc(-c3ccccc3)s2)cc1OC. The van der Waals surface area contributed by atoms with Gasteiger partial charge in [0.15, 0.2) is 11.5 Å². The fraction of sp³-hybridized carbons (Fsp3) is 0.190. The number of ether oxygens (including phenoxy) is 2. The lowest BCUT2D eigenvalue weighted by Crippen LogP contribution is -2.07. The second-order valence-corrected chi connectivity index (χ2v) is 6.84. The standard InChI is InChI=1S/C21H21N3O3S/c1-3-13-27-17-11-9-15(14-18(17)26-2)10-12-19(25)22-21-24-23-20(28-21)16-7-5-4-6-8-16/h4-12,14H,3,13H2,1-2H3,(H,22,24,25)/b12-10+. The van der Waals surface area contributed by atoms with Crippen LogP contribution in [0.15, 0.2) is 54.6 Å². The van der Waals surface area contributed by atoms with Gasteiger partial charge in [-0.1, -0.05) is 54.7 Å². The highest BCUT2D eigenvalue weighted by Gasteiger charge is 2.08. The summed E-state index contributed by atoms with van der Waals surface area (Å²) in [6.07, 6.45) is 4.08. The Morgan fingerprint density at radius 2 is 1.96 bits per heavy atom. The van der Waals surface area contributed by atoms with Crippen LogP contribution in [0.4, 0.5) is 5.13 Å². The maximum absolute atomic E-state index is 12.2. The first-order valence-corrected chi connectivity index (χ1v) is 9.70. The molecule has 1 amide bonds. The van der Waals surface area contributed by atoms with Crippen LogP contribution in [0.5, 0.6) is 11.5 Å². The van der Waals surface area contributed by atoms with Crippen molar-refractivity contribution >= 4 is 28.5 Å². The zero-order valence-electron chi connectivity index (χ0n) is 15.7. The van der Waals surface area contributed by atoms with Crippen molar-refractivity contribution in [3.8, 4) is 22.1 Å². The van der Waals surface area contributed by atoms with Crippen molar-refractivity contribution in [2.24, 2.45) is 0 Å². The zero-order chi connectivity index (χ0) is 19.8. The molecule has 0 spiro atoms. The Kier molecular flexibility index (Phi) is 6.75. The van der Waals surface area contributed by atoms with Gasteiger partial charge < -0.3 is 9.47 Å². The van der Waals surface area contributed by atoms with Crippen molar-refractivity contribution in [2.45, 2.75) is 13.3 Å². The first kappa shape index (κ1) is 19.6. The summed E-state index contributed by atoms with van der Waals surface area (Å²) in [5.74, 6) is 1.04. The molecule has 2 aromatic carbocycles. The molecule has 0 atom stereocenters. The number of rotatable bonds is 8. The molecule has 0 aliphatic rings. The summed E-state index contributed by atoms with van der Waals surface area (Å²) in [5, 5.41) is 12.1. The number of nitrogens with zero attached hydrogens (tertiary/aromatic N) is 2. The molecular weight excluding hydrogens is 374 g/mol. The normalized spacial score (nSPS) is 10.8. The van der Waals surface area contributed by atoms with Crippen LogP contribution in [0.1, 0.15) is 18.9 Å². The minimum Gasteiger partial charge on any atom is -0.493 e. The van der Waals surface area contributed by atoms with E-state index < -0.39 is 0 Å². The van der Waals surface area contributed by atoms with E-state index in [1.807, 2.05) is 55.5 Å². The van der Waals surface area contributed by atoms with E-state index in [1.165, 1.54) is 17.4 Å². The van der Waals surface area contributed by atoms with Crippen LogP contribution in [0.25, 0.3) is 16.6 Å². The maximum atomic E-state index is 12.2. The van der Waals surface area contributed by atoms with Crippen LogP contribution in [0.2, 0.25) is 0 Å². The van der Waals surface area contributed by atoms with E-state index in [1.54, 1.807) is 13.2 Å². The Morgan fingerprint density at radius 3 is 2.71 bits per heavy atom. The molecule has 0 saturated carbocycles. The van der Waals surface area contributed by atoms with E-state index >= 15 is 0 Å². The number of anilines is 1. The summed E-state index contributed by atoms with van der Waals surface area (Å²) in [6, 6.07) is 15.2. The number of carbonyl (C=O) groups is 1. The third-order valence-corrected chi connectivity index (χ3v) is 4.64. The van der Waals surface area contributed by atoms with E-state index in [0.717, 1.165) is 22.6 Å². The first-order chi connectivity index (χ1) is 13.7. The fourth-order valence-electron chi connectivity index (χ4n) is 2.41. The Labute approximate surface area is 167 Å². The molecule has 6 nitrogen and oxygen atoms in total. The van der Waals surface area contributed by atoms with Gasteiger partial charge in [-0.15, -0.1) is 10.2 Å². The molecule has 3 rings (SSSR count). The first-order valence-electron chi connectivity index (χ1n) is 8.88. The largest absolute Gasteiger partial charge is 0.493 e. The van der Waals surface area contributed by atoms with Gasteiger partial charge in [0.05, 0.1) is 13.7 Å². The molecule has 1 heterocycles. The summed E-state index contributed by atoms with van der Waals surface area (Å²) in [5.41, 5.74) is 1.80. The van der Waals surface area contributed by atoms with Gasteiger partial charge in [0.2, 0.25) is 11.0 Å². The van der Waals surface area contributed by atoms with E-state index in [9.17, 15) is 4.79 Å². The molecule has 0 saturated heterocycles. The lowest BCUT2D eigenvalue weighted by atomic mass is 10.2. The van der Waals surface area contributed by atoms with Crippen LogP contribution in [0, 0.1) is 0 Å². The average molecular weight is 395 g/mol. The van der Waals surface area contributed by atoms with E-state index in [-0.39, 0.29) is 5.91 Å². The van der Waals surface area contributed by atoms with E-state index in [0.29, 0.717) is 23.2 Å². The Bertz CT molecular complexity index is 955. The predicted molar refractivity (Wildman–Crippen MR) is 112 cm³/mol. The van der Waals surface area contributed by atoms with Crippen molar-refractivity contribution < 1.29 is 14.3 Å². The summed E-state index contributed by atoms with van der Waals surface area (Å²) in [4.78, 5) is 12.2. The molecule has 0 aliphatic heterocycles. The van der Waals surface area contributed by atoms with Gasteiger partial charge in [0, 0.05) is 11.6 Å². The van der Waals surface area contributed by atoms with Crippen molar-refractivity contribution in [3.63, 3.8) is 0 Å². The highest BCUT2D eigenvalue weighted by atomic mass is 32.1. The molecule has 0 bridgehead atoms. The smallest absolute Gasteiger partial charge is 0.250 e. The Balaban J connectivity index is 1.63. The number of benzene rings is 2. The Morgan fingerprint density at radius 1 is 1.14 bits per heavy atom. The monoisotopic (exact) mass is 395 g/mol. The van der Waals surface area contributed by atoms with Crippen LogP contribution >= 0.6 is 11.3 Å².